The first kappa shape index (κ1) is 20.6. The highest BCUT2D eigenvalue weighted by Crippen LogP contribution is 2.17. The number of rotatable bonds is 7. The van der Waals surface area contributed by atoms with Crippen LogP contribution in [0, 0.1) is 13.8 Å². The standard InChI is InChI=1S/C25H28N2O2/c1-4-5-11-22-24(25(29)26-21-9-7-6-8-10-21)23(28)16-19(3)27(22)17-20-14-12-18(2)13-15-20/h6-10,12-16H,4-5,11,17H2,1-3H3,(H,26,29). The molecule has 0 aliphatic carbocycles. The molecule has 3 rings (SSSR count). The number of benzene rings is 2. The number of aryl methyl sites for hydroxylation is 2. The molecule has 1 aromatic heterocycles. The van der Waals surface area contributed by atoms with Gasteiger partial charge in [0.1, 0.15) is 5.56 Å². The molecule has 29 heavy (non-hydrogen) atoms. The third-order valence-corrected chi connectivity index (χ3v) is 5.11. The van der Waals surface area contributed by atoms with E-state index in [0.717, 1.165) is 29.8 Å². The zero-order chi connectivity index (χ0) is 20.8. The van der Waals surface area contributed by atoms with Crippen molar-refractivity contribution in [1.29, 1.82) is 0 Å². The monoisotopic (exact) mass is 388 g/mol. The second-order valence-corrected chi connectivity index (χ2v) is 7.47. The molecular formula is C25H28N2O2. The van der Waals surface area contributed by atoms with Crippen LogP contribution in [0.1, 0.15) is 52.6 Å². The van der Waals surface area contributed by atoms with Gasteiger partial charge in [-0.15, -0.1) is 0 Å². The summed E-state index contributed by atoms with van der Waals surface area (Å²) in [6, 6.07) is 19.2. The van der Waals surface area contributed by atoms with Gasteiger partial charge in [-0.2, -0.15) is 0 Å². The highest BCUT2D eigenvalue weighted by Gasteiger charge is 2.20. The Morgan fingerprint density at radius 1 is 1.00 bits per heavy atom. The normalized spacial score (nSPS) is 10.7. The smallest absolute Gasteiger partial charge is 0.261 e. The number of amides is 1. The Labute approximate surface area is 172 Å². The summed E-state index contributed by atoms with van der Waals surface area (Å²) in [5, 5.41) is 2.88. The summed E-state index contributed by atoms with van der Waals surface area (Å²) in [5.41, 5.74) is 4.75. The number of carbonyl (C=O) groups excluding carboxylic acids is 1. The van der Waals surface area contributed by atoms with Crippen molar-refractivity contribution in [3.8, 4) is 0 Å². The molecule has 1 N–H and O–H groups in total. The van der Waals surface area contributed by atoms with Crippen molar-refractivity contribution in [3.63, 3.8) is 0 Å². The average molecular weight is 389 g/mol. The number of nitrogens with zero attached hydrogens (tertiary/aromatic N) is 1. The van der Waals surface area contributed by atoms with Crippen molar-refractivity contribution < 1.29 is 4.79 Å². The number of aromatic nitrogens is 1. The van der Waals surface area contributed by atoms with Gasteiger partial charge in [0.25, 0.3) is 5.91 Å². The molecule has 1 heterocycles. The fourth-order valence-electron chi connectivity index (χ4n) is 3.49. The zero-order valence-corrected chi connectivity index (χ0v) is 17.4. The van der Waals surface area contributed by atoms with Gasteiger partial charge in [0.2, 0.25) is 0 Å². The second kappa shape index (κ2) is 9.37. The Morgan fingerprint density at radius 2 is 1.69 bits per heavy atom. The first-order valence-corrected chi connectivity index (χ1v) is 10.1. The van der Waals surface area contributed by atoms with E-state index >= 15 is 0 Å². The van der Waals surface area contributed by atoms with Crippen LogP contribution in [-0.4, -0.2) is 10.5 Å². The maximum atomic E-state index is 13.1. The van der Waals surface area contributed by atoms with Crippen molar-refractivity contribution in [2.24, 2.45) is 0 Å². The average Bonchev–Trinajstić information content (AvgIpc) is 2.70. The van der Waals surface area contributed by atoms with Gasteiger partial charge >= 0.3 is 0 Å². The molecule has 0 bridgehead atoms. The Morgan fingerprint density at radius 3 is 2.34 bits per heavy atom. The SMILES string of the molecule is CCCCc1c(C(=O)Nc2ccccc2)c(=O)cc(C)n1Cc1ccc(C)cc1. The minimum Gasteiger partial charge on any atom is -0.343 e. The van der Waals surface area contributed by atoms with Crippen LogP contribution in [0.4, 0.5) is 5.69 Å². The number of carbonyl (C=O) groups is 1. The number of hydrogen-bond donors (Lipinski definition) is 1. The van der Waals surface area contributed by atoms with Crippen LogP contribution >= 0.6 is 0 Å². The Balaban J connectivity index is 2.05. The van der Waals surface area contributed by atoms with Gasteiger partial charge in [-0.3, -0.25) is 9.59 Å². The number of unbranched alkanes of at least 4 members (excludes halogenated alkanes) is 1. The van der Waals surface area contributed by atoms with Crippen molar-refractivity contribution >= 4 is 11.6 Å². The van der Waals surface area contributed by atoms with Crippen LogP contribution < -0.4 is 10.7 Å². The van der Waals surface area contributed by atoms with E-state index in [1.165, 1.54) is 5.56 Å². The predicted octanol–water partition coefficient (Wildman–Crippen LogP) is 5.11. The molecule has 0 atom stereocenters. The van der Waals surface area contributed by atoms with Crippen LogP contribution in [0.15, 0.2) is 65.5 Å². The summed E-state index contributed by atoms with van der Waals surface area (Å²) in [7, 11) is 0. The van der Waals surface area contributed by atoms with E-state index < -0.39 is 0 Å². The lowest BCUT2D eigenvalue weighted by Gasteiger charge is -2.20. The number of nitrogens with one attached hydrogen (secondary N) is 1. The summed E-state index contributed by atoms with van der Waals surface area (Å²) in [5.74, 6) is -0.343. The molecule has 0 fully saturated rings. The molecule has 0 saturated heterocycles. The van der Waals surface area contributed by atoms with Gasteiger partial charge in [-0.1, -0.05) is 61.4 Å². The summed E-state index contributed by atoms with van der Waals surface area (Å²) < 4.78 is 2.11. The minimum absolute atomic E-state index is 0.220. The highest BCUT2D eigenvalue weighted by atomic mass is 16.2. The Bertz CT molecular complexity index is 1030. The van der Waals surface area contributed by atoms with Crippen LogP contribution in [0.3, 0.4) is 0 Å². The first-order chi connectivity index (χ1) is 14.0. The van der Waals surface area contributed by atoms with Crippen molar-refractivity contribution in [2.45, 2.75) is 46.6 Å². The lowest BCUT2D eigenvalue weighted by Crippen LogP contribution is -2.28. The maximum Gasteiger partial charge on any atom is 0.261 e. The van der Waals surface area contributed by atoms with Crippen molar-refractivity contribution in [3.05, 3.63) is 99.0 Å². The van der Waals surface area contributed by atoms with Gasteiger partial charge in [0, 0.05) is 29.7 Å². The van der Waals surface area contributed by atoms with Crippen molar-refractivity contribution in [2.75, 3.05) is 5.32 Å². The number of anilines is 1. The third-order valence-electron chi connectivity index (χ3n) is 5.11. The molecule has 2 aromatic carbocycles. The van der Waals surface area contributed by atoms with Crippen LogP contribution in [0.2, 0.25) is 0 Å². The zero-order valence-electron chi connectivity index (χ0n) is 17.4. The number of para-hydroxylation sites is 1. The lowest BCUT2D eigenvalue weighted by atomic mass is 10.0. The Kier molecular flexibility index (Phi) is 6.65. The largest absolute Gasteiger partial charge is 0.343 e. The van der Waals surface area contributed by atoms with Crippen LogP contribution in [0.5, 0.6) is 0 Å². The van der Waals surface area contributed by atoms with E-state index in [0.29, 0.717) is 18.7 Å². The summed E-state index contributed by atoms with van der Waals surface area (Å²) in [6.45, 7) is 6.75. The van der Waals surface area contributed by atoms with E-state index in [1.807, 2.05) is 37.3 Å². The van der Waals surface area contributed by atoms with E-state index in [9.17, 15) is 9.59 Å². The van der Waals surface area contributed by atoms with Crippen LogP contribution in [-0.2, 0) is 13.0 Å². The molecule has 4 heteroatoms. The summed E-state index contributed by atoms with van der Waals surface area (Å²) >= 11 is 0. The van der Waals surface area contributed by atoms with Gasteiger partial charge in [-0.25, -0.2) is 0 Å². The predicted molar refractivity (Wildman–Crippen MR) is 119 cm³/mol. The fourth-order valence-corrected chi connectivity index (χ4v) is 3.49. The molecule has 0 spiro atoms. The molecule has 0 unspecified atom stereocenters. The molecule has 0 radical (unpaired) electrons. The van der Waals surface area contributed by atoms with Gasteiger partial charge < -0.3 is 9.88 Å². The van der Waals surface area contributed by atoms with Gasteiger partial charge in [-0.05, 0) is 44.4 Å². The Hall–Kier alpha value is -3.14. The second-order valence-electron chi connectivity index (χ2n) is 7.47. The quantitative estimate of drug-likeness (QED) is 0.611. The van der Waals surface area contributed by atoms with Crippen LogP contribution in [0.25, 0.3) is 0 Å². The molecule has 1 amide bonds. The first-order valence-electron chi connectivity index (χ1n) is 10.1. The molecule has 0 aliphatic rings. The molecule has 4 nitrogen and oxygen atoms in total. The highest BCUT2D eigenvalue weighted by molar-refractivity contribution is 6.05. The van der Waals surface area contributed by atoms with E-state index in [2.05, 4.69) is 48.0 Å². The fraction of sp³-hybridized carbons (Fsp3) is 0.280. The van der Waals surface area contributed by atoms with E-state index in [-0.39, 0.29) is 16.9 Å². The van der Waals surface area contributed by atoms with E-state index in [1.54, 1.807) is 6.07 Å². The molecule has 150 valence electrons. The van der Waals surface area contributed by atoms with E-state index in [4.69, 9.17) is 0 Å². The minimum atomic E-state index is -0.343. The third kappa shape index (κ3) is 5.02. The maximum absolute atomic E-state index is 13.1. The number of pyridine rings is 1. The molecule has 3 aromatic rings. The number of hydrogen-bond acceptors (Lipinski definition) is 2. The van der Waals surface area contributed by atoms with Gasteiger partial charge in [0.05, 0.1) is 0 Å². The lowest BCUT2D eigenvalue weighted by molar-refractivity contribution is 0.102. The molecular weight excluding hydrogens is 360 g/mol. The van der Waals surface area contributed by atoms with Crippen molar-refractivity contribution in [1.82, 2.24) is 4.57 Å². The molecule has 0 saturated carbocycles. The molecule has 0 aliphatic heterocycles. The summed E-state index contributed by atoms with van der Waals surface area (Å²) in [4.78, 5) is 25.9. The van der Waals surface area contributed by atoms with Gasteiger partial charge in [0.15, 0.2) is 5.43 Å². The summed E-state index contributed by atoms with van der Waals surface area (Å²) in [6.07, 6.45) is 2.60. The topological polar surface area (TPSA) is 51.1 Å².